The van der Waals surface area contributed by atoms with E-state index in [4.69, 9.17) is 8.92 Å². The van der Waals surface area contributed by atoms with E-state index < -0.39 is 31.8 Å². The summed E-state index contributed by atoms with van der Waals surface area (Å²) < 4.78 is 64.0. The third-order valence-corrected chi connectivity index (χ3v) is 10.3. The van der Waals surface area contributed by atoms with Crippen molar-refractivity contribution in [3.63, 3.8) is 0 Å². The number of piperidine rings is 3. The normalized spacial score (nSPS) is 24.1. The topological polar surface area (TPSA) is 105 Å². The molecule has 42 heavy (non-hydrogen) atoms. The third kappa shape index (κ3) is 6.07. The van der Waals surface area contributed by atoms with Crippen LogP contribution < -0.4 is 14.4 Å². The van der Waals surface area contributed by atoms with Crippen molar-refractivity contribution in [2.24, 2.45) is 5.92 Å². The standard InChI is InChI=1S/C31H39N3O6S2/c1-33(41(3,35)36)27-15-16-28(39-2)26(21-27)22-32-30-25-17-19-34(20-18-25)31(30,40-42(4,37)38)29(23-11-7-5-8-12-23)24-13-9-6-10-14-24/h5-16,21,25,29-30,32H,17-20,22H2,1-4H3/t30-,31-/m0/s1. The maximum absolute atomic E-state index is 13.1. The van der Waals surface area contributed by atoms with Crippen LogP contribution in [0.1, 0.15) is 35.4 Å². The van der Waals surface area contributed by atoms with Crippen LogP contribution in [0.4, 0.5) is 5.69 Å². The lowest BCUT2D eigenvalue weighted by atomic mass is 9.67. The highest BCUT2D eigenvalue weighted by atomic mass is 32.2. The lowest BCUT2D eigenvalue weighted by Crippen LogP contribution is -2.74. The second-order valence-electron chi connectivity index (χ2n) is 11.2. The molecule has 3 heterocycles. The molecule has 3 saturated heterocycles. The maximum Gasteiger partial charge on any atom is 0.266 e. The molecule has 0 unspecified atom stereocenters. The number of hydrogen-bond donors (Lipinski definition) is 1. The fraction of sp³-hybridized carbons (Fsp3) is 0.419. The molecule has 3 aliphatic heterocycles. The minimum atomic E-state index is -3.91. The van der Waals surface area contributed by atoms with Crippen LogP contribution in [0.3, 0.4) is 0 Å². The van der Waals surface area contributed by atoms with Crippen LogP contribution in [0.15, 0.2) is 78.9 Å². The summed E-state index contributed by atoms with van der Waals surface area (Å²) in [6.45, 7) is 1.74. The van der Waals surface area contributed by atoms with E-state index in [0.717, 1.165) is 42.0 Å². The molecule has 3 aliphatic rings. The molecule has 0 radical (unpaired) electrons. The van der Waals surface area contributed by atoms with Gasteiger partial charge in [-0.3, -0.25) is 9.21 Å². The highest BCUT2D eigenvalue weighted by Gasteiger charge is 2.61. The number of nitrogens with one attached hydrogen (secondary N) is 1. The maximum atomic E-state index is 13.1. The van der Waals surface area contributed by atoms with Gasteiger partial charge in [0.05, 0.1) is 37.3 Å². The van der Waals surface area contributed by atoms with Gasteiger partial charge in [-0.2, -0.15) is 8.42 Å². The van der Waals surface area contributed by atoms with Crippen LogP contribution >= 0.6 is 0 Å². The highest BCUT2D eigenvalue weighted by Crippen LogP contribution is 2.51. The molecular weight excluding hydrogens is 574 g/mol. The Morgan fingerprint density at radius 1 is 0.929 bits per heavy atom. The molecular formula is C31H39N3O6S2. The number of fused-ring (bicyclic) bond motifs is 3. The Morgan fingerprint density at radius 3 is 2.00 bits per heavy atom. The first-order valence-electron chi connectivity index (χ1n) is 14.0. The molecule has 9 nitrogen and oxygen atoms in total. The predicted octanol–water partition coefficient (Wildman–Crippen LogP) is 3.78. The summed E-state index contributed by atoms with van der Waals surface area (Å²) in [6.07, 6.45) is 4.08. The molecule has 0 amide bonds. The van der Waals surface area contributed by atoms with E-state index >= 15 is 0 Å². The highest BCUT2D eigenvalue weighted by molar-refractivity contribution is 7.92. The smallest absolute Gasteiger partial charge is 0.266 e. The van der Waals surface area contributed by atoms with Gasteiger partial charge in [0.15, 0.2) is 5.72 Å². The second kappa shape index (κ2) is 12.0. The first kappa shape index (κ1) is 30.5. The van der Waals surface area contributed by atoms with Gasteiger partial charge in [-0.1, -0.05) is 60.7 Å². The van der Waals surface area contributed by atoms with Crippen LogP contribution in [0.25, 0.3) is 0 Å². The average molecular weight is 614 g/mol. The molecule has 0 aliphatic carbocycles. The van der Waals surface area contributed by atoms with E-state index in [0.29, 0.717) is 31.1 Å². The molecule has 2 atom stereocenters. The molecule has 1 N–H and O–H groups in total. The van der Waals surface area contributed by atoms with Gasteiger partial charge in [-0.15, -0.1) is 0 Å². The van der Waals surface area contributed by atoms with E-state index in [1.165, 1.54) is 11.4 Å². The lowest BCUT2D eigenvalue weighted by molar-refractivity contribution is -0.183. The summed E-state index contributed by atoms with van der Waals surface area (Å²) in [5.74, 6) is 0.339. The minimum absolute atomic E-state index is 0.152. The van der Waals surface area contributed by atoms with Crippen LogP contribution in [0.5, 0.6) is 5.75 Å². The first-order chi connectivity index (χ1) is 19.9. The van der Waals surface area contributed by atoms with Crippen molar-refractivity contribution in [3.05, 3.63) is 95.6 Å². The molecule has 11 heteroatoms. The Hall–Kier alpha value is -2.96. The lowest BCUT2D eigenvalue weighted by Gasteiger charge is -2.60. The Kier molecular flexibility index (Phi) is 8.69. The monoisotopic (exact) mass is 613 g/mol. The number of nitrogens with zero attached hydrogens (tertiary/aromatic N) is 2. The molecule has 0 spiro atoms. The van der Waals surface area contributed by atoms with Gasteiger partial charge in [0.2, 0.25) is 10.0 Å². The summed E-state index contributed by atoms with van der Waals surface area (Å²) in [5.41, 5.74) is 1.94. The van der Waals surface area contributed by atoms with Crippen molar-refractivity contribution in [2.75, 3.05) is 44.1 Å². The van der Waals surface area contributed by atoms with Gasteiger partial charge < -0.3 is 10.1 Å². The summed E-state index contributed by atoms with van der Waals surface area (Å²) in [6, 6.07) is 24.7. The molecule has 3 fully saturated rings. The van der Waals surface area contributed by atoms with Crippen molar-refractivity contribution in [1.29, 1.82) is 0 Å². The van der Waals surface area contributed by atoms with Crippen molar-refractivity contribution >= 4 is 25.8 Å². The van der Waals surface area contributed by atoms with E-state index in [1.54, 1.807) is 25.3 Å². The molecule has 0 saturated carbocycles. The first-order valence-corrected chi connectivity index (χ1v) is 17.7. The number of methoxy groups -OCH3 is 1. The molecule has 6 rings (SSSR count). The van der Waals surface area contributed by atoms with Crippen LogP contribution in [-0.4, -0.2) is 73.3 Å². The fourth-order valence-corrected chi connectivity index (χ4v) is 7.95. The zero-order chi connectivity index (χ0) is 30.1. The minimum Gasteiger partial charge on any atom is -0.496 e. The largest absolute Gasteiger partial charge is 0.496 e. The SMILES string of the molecule is COc1ccc(N(C)S(C)(=O)=O)cc1CN[C@H]1C2CCN(CC2)[C@]1(OS(C)(=O)=O)C(c1ccccc1)c1ccccc1. The molecule has 0 aromatic heterocycles. The van der Waals surface area contributed by atoms with Crippen molar-refractivity contribution < 1.29 is 25.8 Å². The summed E-state index contributed by atoms with van der Waals surface area (Å²) in [5, 5.41) is 3.70. The molecule has 3 aromatic carbocycles. The van der Waals surface area contributed by atoms with Crippen molar-refractivity contribution in [1.82, 2.24) is 10.2 Å². The number of ether oxygens (including phenoxy) is 1. The Labute approximate surface area is 249 Å². The van der Waals surface area contributed by atoms with Gasteiger partial charge in [0.25, 0.3) is 10.1 Å². The zero-order valence-corrected chi connectivity index (χ0v) is 26.1. The molecule has 3 aromatic rings. The van der Waals surface area contributed by atoms with E-state index in [1.807, 2.05) is 60.7 Å². The van der Waals surface area contributed by atoms with Crippen LogP contribution in [0, 0.1) is 5.92 Å². The van der Waals surface area contributed by atoms with Crippen LogP contribution in [-0.2, 0) is 30.9 Å². The average Bonchev–Trinajstić information content (AvgIpc) is 2.96. The number of anilines is 1. The van der Waals surface area contributed by atoms with Gasteiger partial charge >= 0.3 is 0 Å². The number of benzene rings is 3. The van der Waals surface area contributed by atoms with E-state index in [9.17, 15) is 16.8 Å². The second-order valence-corrected chi connectivity index (χ2v) is 14.8. The Balaban J connectivity index is 1.63. The predicted molar refractivity (Wildman–Crippen MR) is 165 cm³/mol. The van der Waals surface area contributed by atoms with Gasteiger partial charge in [0.1, 0.15) is 5.75 Å². The Bertz CT molecular complexity index is 1550. The van der Waals surface area contributed by atoms with Gasteiger partial charge in [-0.25, -0.2) is 12.6 Å². The fourth-order valence-electron chi connectivity index (χ4n) is 6.66. The number of rotatable bonds is 11. The quantitative estimate of drug-likeness (QED) is 0.326. The third-order valence-electron chi connectivity index (χ3n) is 8.55. The summed E-state index contributed by atoms with van der Waals surface area (Å²) >= 11 is 0. The van der Waals surface area contributed by atoms with Crippen molar-refractivity contribution in [3.8, 4) is 5.75 Å². The summed E-state index contributed by atoms with van der Waals surface area (Å²) in [4.78, 5) is 2.20. The van der Waals surface area contributed by atoms with Gasteiger partial charge in [0, 0.05) is 32.2 Å². The number of sulfonamides is 1. The van der Waals surface area contributed by atoms with Crippen molar-refractivity contribution in [2.45, 2.75) is 37.1 Å². The van der Waals surface area contributed by atoms with Gasteiger partial charge in [-0.05, 0) is 48.1 Å². The number of hydrogen-bond acceptors (Lipinski definition) is 8. The summed E-state index contributed by atoms with van der Waals surface area (Å²) in [7, 11) is -4.29. The van der Waals surface area contributed by atoms with Crippen LogP contribution in [0.2, 0.25) is 0 Å². The Morgan fingerprint density at radius 2 is 1.50 bits per heavy atom. The molecule has 2 bridgehead atoms. The zero-order valence-electron chi connectivity index (χ0n) is 24.4. The van der Waals surface area contributed by atoms with E-state index in [2.05, 4.69) is 10.2 Å². The van der Waals surface area contributed by atoms with E-state index in [-0.39, 0.29) is 12.0 Å². The molecule has 226 valence electrons.